The number of hydrogen-bond donors (Lipinski definition) is 2. The Labute approximate surface area is 129 Å². The van der Waals surface area contributed by atoms with E-state index in [9.17, 15) is 4.39 Å². The van der Waals surface area contributed by atoms with E-state index < -0.39 is 14.2 Å². The average Bonchev–Trinajstić information content (AvgIpc) is 3.04. The van der Waals surface area contributed by atoms with E-state index in [0.29, 0.717) is 18.7 Å². The van der Waals surface area contributed by atoms with Crippen LogP contribution >= 0.6 is 0 Å². The van der Waals surface area contributed by atoms with Gasteiger partial charge in [0.2, 0.25) is 0 Å². The zero-order chi connectivity index (χ0) is 14.8. The van der Waals surface area contributed by atoms with Gasteiger partial charge < -0.3 is 19.4 Å². The third-order valence-corrected chi connectivity index (χ3v) is 3.49. The summed E-state index contributed by atoms with van der Waals surface area (Å²) in [6.07, 6.45) is 0. The molecule has 2 aromatic rings. The maximum Gasteiger partial charge on any atom is 0.491 e. The van der Waals surface area contributed by atoms with Gasteiger partial charge in [-0.1, -0.05) is 37.8 Å². The molecule has 7 heteroatoms. The van der Waals surface area contributed by atoms with E-state index in [1.165, 1.54) is 12.1 Å². The maximum absolute atomic E-state index is 12.6. The first-order valence-electron chi connectivity index (χ1n) is 6.60. The SMILES string of the molecule is C.OB1OCc2cc(F)ccc21.OB1OCc2ccccc21. The van der Waals surface area contributed by atoms with E-state index in [2.05, 4.69) is 0 Å². The predicted octanol–water partition coefficient (Wildman–Crippen LogP) is 0.584. The second-order valence-electron chi connectivity index (χ2n) is 4.87. The van der Waals surface area contributed by atoms with Crippen molar-refractivity contribution >= 4 is 25.2 Å². The zero-order valence-corrected chi connectivity index (χ0v) is 11.2. The smallest absolute Gasteiger partial charge is 0.423 e. The Balaban J connectivity index is 0.000000154. The Morgan fingerprint density at radius 1 is 0.864 bits per heavy atom. The summed E-state index contributed by atoms with van der Waals surface area (Å²) >= 11 is 0. The van der Waals surface area contributed by atoms with Gasteiger partial charge in [-0.2, -0.15) is 0 Å². The third kappa shape index (κ3) is 3.39. The minimum Gasteiger partial charge on any atom is -0.423 e. The lowest BCUT2D eigenvalue weighted by Gasteiger charge is -1.95. The Morgan fingerprint density at radius 2 is 1.45 bits per heavy atom. The summed E-state index contributed by atoms with van der Waals surface area (Å²) in [4.78, 5) is 0. The second kappa shape index (κ2) is 7.07. The van der Waals surface area contributed by atoms with Gasteiger partial charge in [0.15, 0.2) is 0 Å². The van der Waals surface area contributed by atoms with Crippen LogP contribution < -0.4 is 10.9 Å². The fourth-order valence-electron chi connectivity index (χ4n) is 2.36. The number of rotatable bonds is 0. The van der Waals surface area contributed by atoms with Gasteiger partial charge in [0.25, 0.3) is 0 Å². The van der Waals surface area contributed by atoms with E-state index >= 15 is 0 Å². The van der Waals surface area contributed by atoms with Crippen LogP contribution in [0.5, 0.6) is 0 Å². The molecule has 0 saturated carbocycles. The van der Waals surface area contributed by atoms with E-state index in [0.717, 1.165) is 16.6 Å². The second-order valence-corrected chi connectivity index (χ2v) is 4.87. The van der Waals surface area contributed by atoms with Gasteiger partial charge in [0.05, 0.1) is 13.2 Å². The van der Waals surface area contributed by atoms with E-state index in [1.807, 2.05) is 24.3 Å². The highest BCUT2D eigenvalue weighted by Crippen LogP contribution is 2.10. The van der Waals surface area contributed by atoms with Crippen molar-refractivity contribution in [1.82, 2.24) is 0 Å². The number of fused-ring (bicyclic) bond motifs is 2. The third-order valence-electron chi connectivity index (χ3n) is 3.49. The molecule has 0 aliphatic carbocycles. The molecule has 0 unspecified atom stereocenters. The first-order chi connectivity index (χ1) is 10.1. The van der Waals surface area contributed by atoms with Gasteiger partial charge >= 0.3 is 14.2 Å². The highest BCUT2D eigenvalue weighted by atomic mass is 19.1. The molecule has 0 aromatic heterocycles. The summed E-state index contributed by atoms with van der Waals surface area (Å²) < 4.78 is 22.4. The topological polar surface area (TPSA) is 58.9 Å². The molecule has 4 rings (SSSR count). The van der Waals surface area contributed by atoms with Gasteiger partial charge in [-0.05, 0) is 34.2 Å². The Morgan fingerprint density at radius 3 is 2.14 bits per heavy atom. The predicted molar refractivity (Wildman–Crippen MR) is 84.4 cm³/mol. The van der Waals surface area contributed by atoms with Crippen LogP contribution in [0.3, 0.4) is 0 Å². The molecule has 114 valence electrons. The van der Waals surface area contributed by atoms with Crippen LogP contribution in [0.15, 0.2) is 42.5 Å². The summed E-state index contributed by atoms with van der Waals surface area (Å²) in [5, 5.41) is 18.3. The molecule has 0 fully saturated rings. The molecule has 0 bridgehead atoms. The number of halogens is 1. The first kappa shape index (κ1) is 16.7. The molecule has 0 atom stereocenters. The van der Waals surface area contributed by atoms with Crippen LogP contribution in [0.4, 0.5) is 4.39 Å². The summed E-state index contributed by atoms with van der Waals surface area (Å²) in [6.45, 7) is 0.839. The molecule has 2 N–H and O–H groups in total. The number of benzene rings is 2. The van der Waals surface area contributed by atoms with Gasteiger partial charge in [-0.15, -0.1) is 0 Å². The molecule has 2 aliphatic rings. The van der Waals surface area contributed by atoms with Crippen molar-refractivity contribution in [3.63, 3.8) is 0 Å². The Kier molecular flexibility index (Phi) is 5.37. The Bertz CT molecular complexity index is 653. The van der Waals surface area contributed by atoms with Crippen molar-refractivity contribution in [1.29, 1.82) is 0 Å². The van der Waals surface area contributed by atoms with Crippen molar-refractivity contribution in [2.75, 3.05) is 0 Å². The van der Waals surface area contributed by atoms with Crippen LogP contribution in [-0.4, -0.2) is 24.3 Å². The molecule has 2 heterocycles. The van der Waals surface area contributed by atoms with Crippen LogP contribution in [-0.2, 0) is 22.5 Å². The zero-order valence-electron chi connectivity index (χ0n) is 11.2. The lowest BCUT2D eigenvalue weighted by atomic mass is 9.80. The average molecular weight is 302 g/mol. The summed E-state index contributed by atoms with van der Waals surface area (Å²) in [7, 11) is -1.57. The summed E-state index contributed by atoms with van der Waals surface area (Å²) in [6, 6.07) is 11.9. The van der Waals surface area contributed by atoms with E-state index in [-0.39, 0.29) is 13.2 Å². The minimum atomic E-state index is -0.870. The van der Waals surface area contributed by atoms with Crippen LogP contribution in [0.25, 0.3) is 0 Å². The van der Waals surface area contributed by atoms with Gasteiger partial charge in [0, 0.05) is 0 Å². The first-order valence-corrected chi connectivity index (χ1v) is 6.60. The molecule has 0 radical (unpaired) electrons. The Hall–Kier alpha value is -1.66. The summed E-state index contributed by atoms with van der Waals surface area (Å²) in [5.41, 5.74) is 3.40. The molecule has 4 nitrogen and oxygen atoms in total. The van der Waals surface area contributed by atoms with Crippen molar-refractivity contribution < 1.29 is 23.7 Å². The quantitative estimate of drug-likeness (QED) is 0.699. The molecular weight excluding hydrogens is 285 g/mol. The minimum absolute atomic E-state index is 0. The molecule has 2 aliphatic heterocycles. The molecule has 0 saturated heterocycles. The van der Waals surface area contributed by atoms with Crippen molar-refractivity contribution in [2.45, 2.75) is 20.6 Å². The molecule has 0 spiro atoms. The van der Waals surface area contributed by atoms with Gasteiger partial charge in [0.1, 0.15) is 5.82 Å². The number of hydrogen-bond acceptors (Lipinski definition) is 4. The van der Waals surface area contributed by atoms with Crippen molar-refractivity contribution in [3.8, 4) is 0 Å². The summed E-state index contributed by atoms with van der Waals surface area (Å²) in [5.74, 6) is -0.290. The van der Waals surface area contributed by atoms with Crippen molar-refractivity contribution in [2.24, 2.45) is 0 Å². The van der Waals surface area contributed by atoms with Gasteiger partial charge in [-0.3, -0.25) is 0 Å². The normalized spacial score (nSPS) is 14.7. The molecular formula is C15H17B2FO4. The standard InChI is InChI=1S/C7H6BFO2.C7H7BO2.CH4/c9-6-1-2-7-5(3-6)4-11-8(7)10;9-8-7-4-2-1-3-6(7)5-10-8;/h1-3,10H,4H2;1-4,9H,5H2;1H4. The van der Waals surface area contributed by atoms with E-state index in [4.69, 9.17) is 19.4 Å². The fourth-order valence-corrected chi connectivity index (χ4v) is 2.36. The highest BCUT2D eigenvalue weighted by molar-refractivity contribution is 6.61. The monoisotopic (exact) mass is 302 g/mol. The molecule has 0 amide bonds. The lowest BCUT2D eigenvalue weighted by molar-refractivity contribution is 0.275. The fraction of sp³-hybridized carbons (Fsp3) is 0.200. The van der Waals surface area contributed by atoms with Crippen molar-refractivity contribution in [3.05, 3.63) is 59.4 Å². The largest absolute Gasteiger partial charge is 0.491 e. The molecule has 2 aromatic carbocycles. The van der Waals surface area contributed by atoms with Crippen LogP contribution in [0.2, 0.25) is 0 Å². The highest BCUT2D eigenvalue weighted by Gasteiger charge is 2.27. The van der Waals surface area contributed by atoms with Gasteiger partial charge in [-0.25, -0.2) is 4.39 Å². The lowest BCUT2D eigenvalue weighted by Crippen LogP contribution is -2.27. The maximum atomic E-state index is 12.6. The van der Waals surface area contributed by atoms with E-state index in [1.54, 1.807) is 6.07 Å². The van der Waals surface area contributed by atoms with Crippen LogP contribution in [0.1, 0.15) is 18.6 Å². The molecule has 22 heavy (non-hydrogen) atoms. The van der Waals surface area contributed by atoms with Crippen LogP contribution in [0, 0.1) is 5.82 Å².